The third-order valence-electron chi connectivity index (χ3n) is 4.07. The van der Waals surface area contributed by atoms with Crippen LogP contribution >= 0.6 is 22.9 Å². The zero-order valence-electron chi connectivity index (χ0n) is 10.8. The molecule has 0 bridgehead atoms. The normalized spacial score (nSPS) is 22.6. The fourth-order valence-electron chi connectivity index (χ4n) is 3.11. The number of carbonyl (C=O) groups is 1. The van der Waals surface area contributed by atoms with Crippen LogP contribution in [-0.2, 0) is 4.79 Å². The summed E-state index contributed by atoms with van der Waals surface area (Å²) >= 11 is 7.60. The van der Waals surface area contributed by atoms with Crippen molar-refractivity contribution in [2.75, 3.05) is 24.5 Å². The van der Waals surface area contributed by atoms with Crippen molar-refractivity contribution in [3.63, 3.8) is 0 Å². The molecule has 0 saturated carbocycles. The second-order valence-electron chi connectivity index (χ2n) is 5.18. The van der Waals surface area contributed by atoms with Crippen LogP contribution in [0.4, 0.5) is 5.82 Å². The Hall–Kier alpha value is -1.40. The Kier molecular flexibility index (Phi) is 2.82. The van der Waals surface area contributed by atoms with E-state index in [4.69, 9.17) is 11.6 Å². The Bertz CT molecular complexity index is 688. The first-order valence-corrected chi connectivity index (χ1v) is 7.93. The van der Waals surface area contributed by atoms with E-state index in [1.54, 1.807) is 11.3 Å². The summed E-state index contributed by atoms with van der Waals surface area (Å²) in [6.07, 6.45) is 1.62. The summed E-state index contributed by atoms with van der Waals surface area (Å²) < 4.78 is 0. The van der Waals surface area contributed by atoms with Gasteiger partial charge in [-0.15, -0.1) is 11.3 Å². The summed E-state index contributed by atoms with van der Waals surface area (Å²) in [6.45, 7) is 2.42. The van der Waals surface area contributed by atoms with Gasteiger partial charge in [0.05, 0.1) is 5.39 Å². The van der Waals surface area contributed by atoms with Gasteiger partial charge in [-0.3, -0.25) is 4.79 Å². The highest BCUT2D eigenvalue weighted by molar-refractivity contribution is 7.16. The minimum absolute atomic E-state index is 0.288. The van der Waals surface area contributed by atoms with Gasteiger partial charge < -0.3 is 9.80 Å². The van der Waals surface area contributed by atoms with Gasteiger partial charge >= 0.3 is 0 Å². The largest absolute Gasteiger partial charge is 0.352 e. The molecule has 2 aromatic heterocycles. The first-order chi connectivity index (χ1) is 9.72. The smallest absolute Gasteiger partial charge is 0.225 e. The molecule has 4 rings (SSSR count). The van der Waals surface area contributed by atoms with Gasteiger partial charge in [-0.2, -0.15) is 4.98 Å². The van der Waals surface area contributed by atoms with E-state index < -0.39 is 0 Å². The van der Waals surface area contributed by atoms with Gasteiger partial charge in [0.2, 0.25) is 11.2 Å². The van der Waals surface area contributed by atoms with Crippen LogP contribution in [0.25, 0.3) is 10.2 Å². The molecule has 0 radical (unpaired) electrons. The SMILES string of the molecule is O=C1CCC2CN(c3nc(Cl)nc4sccc34)CCN12. The maximum atomic E-state index is 11.7. The lowest BCUT2D eigenvalue weighted by molar-refractivity contribution is -0.129. The van der Waals surface area contributed by atoms with Crippen molar-refractivity contribution in [1.82, 2.24) is 14.9 Å². The molecule has 2 fully saturated rings. The number of fused-ring (bicyclic) bond motifs is 2. The molecule has 2 aliphatic heterocycles. The average Bonchev–Trinajstić information content (AvgIpc) is 3.04. The second-order valence-corrected chi connectivity index (χ2v) is 6.41. The molecule has 1 atom stereocenters. The molecular weight excluding hydrogens is 296 g/mol. The Morgan fingerprint density at radius 2 is 2.25 bits per heavy atom. The zero-order valence-corrected chi connectivity index (χ0v) is 12.3. The van der Waals surface area contributed by atoms with Crippen LogP contribution in [0.1, 0.15) is 12.8 Å². The molecule has 20 heavy (non-hydrogen) atoms. The van der Waals surface area contributed by atoms with Crippen LogP contribution in [0.15, 0.2) is 11.4 Å². The van der Waals surface area contributed by atoms with E-state index in [-0.39, 0.29) is 5.91 Å². The van der Waals surface area contributed by atoms with Crippen LogP contribution in [0, 0.1) is 0 Å². The minimum Gasteiger partial charge on any atom is -0.352 e. The van der Waals surface area contributed by atoms with Gasteiger partial charge in [-0.1, -0.05) is 0 Å². The molecule has 1 unspecified atom stereocenters. The number of nitrogens with zero attached hydrogens (tertiary/aromatic N) is 4. The first-order valence-electron chi connectivity index (χ1n) is 6.67. The number of piperazine rings is 1. The summed E-state index contributed by atoms with van der Waals surface area (Å²) in [4.78, 5) is 25.6. The molecule has 1 amide bonds. The van der Waals surface area contributed by atoms with Crippen molar-refractivity contribution in [1.29, 1.82) is 0 Å². The average molecular weight is 309 g/mol. The van der Waals surface area contributed by atoms with E-state index in [9.17, 15) is 4.79 Å². The van der Waals surface area contributed by atoms with Crippen molar-refractivity contribution in [2.24, 2.45) is 0 Å². The second kappa shape index (κ2) is 4.56. The Morgan fingerprint density at radius 1 is 1.35 bits per heavy atom. The van der Waals surface area contributed by atoms with E-state index in [1.807, 2.05) is 16.3 Å². The Labute approximate surface area is 125 Å². The molecule has 7 heteroatoms. The lowest BCUT2D eigenvalue weighted by Gasteiger charge is -2.38. The van der Waals surface area contributed by atoms with Gasteiger partial charge in [0, 0.05) is 32.1 Å². The fraction of sp³-hybridized carbons (Fsp3) is 0.462. The number of halogens is 1. The van der Waals surface area contributed by atoms with Crippen molar-refractivity contribution in [3.05, 3.63) is 16.7 Å². The predicted molar refractivity (Wildman–Crippen MR) is 79.4 cm³/mol. The molecule has 2 aromatic rings. The first kappa shape index (κ1) is 12.3. The maximum absolute atomic E-state index is 11.7. The molecule has 2 aliphatic rings. The van der Waals surface area contributed by atoms with Crippen molar-refractivity contribution in [3.8, 4) is 0 Å². The van der Waals surface area contributed by atoms with Crippen molar-refractivity contribution >= 4 is 44.9 Å². The van der Waals surface area contributed by atoms with Gasteiger partial charge in [0.1, 0.15) is 10.6 Å². The number of hydrogen-bond donors (Lipinski definition) is 0. The highest BCUT2D eigenvalue weighted by Crippen LogP contribution is 2.32. The van der Waals surface area contributed by atoms with E-state index in [0.717, 1.165) is 42.1 Å². The highest BCUT2D eigenvalue weighted by atomic mass is 35.5. The zero-order chi connectivity index (χ0) is 13.7. The Morgan fingerprint density at radius 3 is 3.15 bits per heavy atom. The highest BCUT2D eigenvalue weighted by Gasteiger charge is 2.36. The van der Waals surface area contributed by atoms with E-state index in [2.05, 4.69) is 14.9 Å². The molecule has 4 heterocycles. The van der Waals surface area contributed by atoms with Gasteiger partial charge in [-0.05, 0) is 29.5 Å². The molecule has 0 spiro atoms. The summed E-state index contributed by atoms with van der Waals surface area (Å²) in [5.74, 6) is 1.19. The van der Waals surface area contributed by atoms with Gasteiger partial charge in [-0.25, -0.2) is 4.98 Å². The van der Waals surface area contributed by atoms with Crippen LogP contribution in [0.2, 0.25) is 5.28 Å². The number of anilines is 1. The topological polar surface area (TPSA) is 49.3 Å². The number of carbonyl (C=O) groups excluding carboxylic acids is 1. The molecule has 0 aromatic carbocycles. The lowest BCUT2D eigenvalue weighted by Crippen LogP contribution is -2.51. The Balaban J connectivity index is 1.70. The number of rotatable bonds is 1. The van der Waals surface area contributed by atoms with E-state index in [1.165, 1.54) is 0 Å². The van der Waals surface area contributed by atoms with Crippen LogP contribution in [0.3, 0.4) is 0 Å². The quantitative estimate of drug-likeness (QED) is 0.758. The van der Waals surface area contributed by atoms with Gasteiger partial charge in [0.25, 0.3) is 0 Å². The molecular formula is C13H13ClN4OS. The monoisotopic (exact) mass is 308 g/mol. The number of hydrogen-bond acceptors (Lipinski definition) is 5. The van der Waals surface area contributed by atoms with Crippen molar-refractivity contribution in [2.45, 2.75) is 18.9 Å². The molecule has 0 N–H and O–H groups in total. The molecule has 5 nitrogen and oxygen atoms in total. The van der Waals surface area contributed by atoms with E-state index in [0.29, 0.717) is 17.7 Å². The van der Waals surface area contributed by atoms with E-state index >= 15 is 0 Å². The lowest BCUT2D eigenvalue weighted by atomic mass is 10.1. The summed E-state index contributed by atoms with van der Waals surface area (Å²) in [5.41, 5.74) is 0. The standard InChI is InChI=1S/C13H13ClN4OS/c14-13-15-11(9-3-6-20-12(9)16-13)17-4-5-18-8(7-17)1-2-10(18)19/h3,6,8H,1-2,4-5,7H2. The third kappa shape index (κ3) is 1.86. The van der Waals surface area contributed by atoms with Crippen LogP contribution in [0.5, 0.6) is 0 Å². The number of amides is 1. The van der Waals surface area contributed by atoms with Crippen LogP contribution in [-0.4, -0.2) is 46.5 Å². The molecule has 0 aliphatic carbocycles. The summed E-state index contributed by atoms with van der Waals surface area (Å²) in [6, 6.07) is 2.36. The van der Waals surface area contributed by atoms with Crippen molar-refractivity contribution < 1.29 is 4.79 Å². The molecule has 104 valence electrons. The van der Waals surface area contributed by atoms with Crippen LogP contribution < -0.4 is 4.90 Å². The summed E-state index contributed by atoms with van der Waals surface area (Å²) in [7, 11) is 0. The number of aromatic nitrogens is 2. The third-order valence-corrected chi connectivity index (χ3v) is 5.05. The number of thiophene rings is 1. The fourth-order valence-corrected chi connectivity index (χ4v) is 4.09. The minimum atomic E-state index is 0.288. The predicted octanol–water partition coefficient (Wildman–Crippen LogP) is 2.16. The molecule has 2 saturated heterocycles. The van der Waals surface area contributed by atoms with Gasteiger partial charge in [0.15, 0.2) is 0 Å². The maximum Gasteiger partial charge on any atom is 0.225 e. The summed E-state index contributed by atoms with van der Waals surface area (Å²) in [5, 5.41) is 3.35.